The zero-order valence-electron chi connectivity index (χ0n) is 11.8. The molecule has 1 aliphatic rings. The molecule has 0 bridgehead atoms. The molecule has 0 aliphatic carbocycles. The van der Waals surface area contributed by atoms with Crippen molar-refractivity contribution in [3.05, 3.63) is 28.0 Å². The number of rotatable bonds is 3. The number of carbonyl (C=O) groups excluding carboxylic acids is 1. The van der Waals surface area contributed by atoms with Crippen LogP contribution in [0.25, 0.3) is 0 Å². The molecule has 1 fully saturated rings. The van der Waals surface area contributed by atoms with Crippen molar-refractivity contribution in [2.24, 2.45) is 0 Å². The van der Waals surface area contributed by atoms with Crippen molar-refractivity contribution in [2.45, 2.75) is 32.2 Å². The lowest BCUT2D eigenvalue weighted by atomic mass is 10.1. The third-order valence-corrected chi connectivity index (χ3v) is 4.39. The number of hydrogen-bond donors (Lipinski definition) is 1. The van der Waals surface area contributed by atoms with Crippen LogP contribution in [0.2, 0.25) is 0 Å². The van der Waals surface area contributed by atoms with Crippen LogP contribution in [-0.2, 0) is 4.79 Å². The van der Waals surface area contributed by atoms with E-state index in [1.54, 1.807) is 6.92 Å². The molecule has 21 heavy (non-hydrogen) atoms. The summed E-state index contributed by atoms with van der Waals surface area (Å²) in [5.41, 5.74) is 0.451. The number of likely N-dealkylation sites (tertiary alicyclic amines) is 1. The van der Waals surface area contributed by atoms with Crippen molar-refractivity contribution in [3.8, 4) is 6.07 Å². The van der Waals surface area contributed by atoms with Gasteiger partial charge in [0.05, 0.1) is 15.7 Å². The van der Waals surface area contributed by atoms with E-state index < -0.39 is 11.9 Å². The lowest BCUT2D eigenvalue weighted by Crippen LogP contribution is -2.44. The Labute approximate surface area is 132 Å². The van der Waals surface area contributed by atoms with Gasteiger partial charge >= 0.3 is 0 Å². The largest absolute Gasteiger partial charge is 0.371 e. The number of hydrogen-bond acceptors (Lipinski definition) is 3. The minimum Gasteiger partial charge on any atom is -0.371 e. The summed E-state index contributed by atoms with van der Waals surface area (Å²) in [7, 11) is 0. The fraction of sp³-hybridized carbons (Fsp3) is 0.467. The van der Waals surface area contributed by atoms with Crippen LogP contribution in [0.1, 0.15) is 31.7 Å². The van der Waals surface area contributed by atoms with Crippen LogP contribution in [0, 0.1) is 17.1 Å². The molecule has 112 valence electrons. The highest BCUT2D eigenvalue weighted by Gasteiger charge is 2.23. The van der Waals surface area contributed by atoms with Gasteiger partial charge in [0.2, 0.25) is 5.91 Å². The number of carbonyl (C=O) groups is 1. The summed E-state index contributed by atoms with van der Waals surface area (Å²) >= 11 is 3.06. The van der Waals surface area contributed by atoms with E-state index in [1.165, 1.54) is 12.1 Å². The van der Waals surface area contributed by atoms with Crippen molar-refractivity contribution >= 4 is 27.5 Å². The highest BCUT2D eigenvalue weighted by atomic mass is 79.9. The monoisotopic (exact) mass is 353 g/mol. The molecule has 0 saturated carbocycles. The molecular formula is C15H17BrFN3O. The molecule has 1 atom stereocenters. The van der Waals surface area contributed by atoms with Crippen molar-refractivity contribution in [1.29, 1.82) is 5.26 Å². The van der Waals surface area contributed by atoms with Gasteiger partial charge in [0.1, 0.15) is 12.1 Å². The maximum atomic E-state index is 14.1. The second kappa shape index (κ2) is 6.90. The molecule has 1 aromatic rings. The summed E-state index contributed by atoms with van der Waals surface area (Å²) in [6.07, 6.45) is 3.20. The molecule has 1 heterocycles. The highest BCUT2D eigenvalue weighted by molar-refractivity contribution is 9.10. The van der Waals surface area contributed by atoms with Crippen molar-refractivity contribution < 1.29 is 9.18 Å². The van der Waals surface area contributed by atoms with E-state index >= 15 is 0 Å². The third-order valence-electron chi connectivity index (χ3n) is 3.61. The van der Waals surface area contributed by atoms with Crippen molar-refractivity contribution in [3.63, 3.8) is 0 Å². The van der Waals surface area contributed by atoms with E-state index in [-0.39, 0.29) is 21.6 Å². The van der Waals surface area contributed by atoms with Gasteiger partial charge in [0.15, 0.2) is 5.82 Å². The Balaban J connectivity index is 2.09. The standard InChI is InChI=1S/C15H17BrFN3O/c1-10(15(21)20-7-3-2-4-8-20)19-12-6-5-11(9-18)13(16)14(12)17/h5-6,10,19H,2-4,7-8H2,1H3. The summed E-state index contributed by atoms with van der Waals surface area (Å²) in [4.78, 5) is 14.1. The smallest absolute Gasteiger partial charge is 0.244 e. The maximum absolute atomic E-state index is 14.1. The topological polar surface area (TPSA) is 56.1 Å². The number of benzene rings is 1. The molecule has 1 amide bonds. The predicted octanol–water partition coefficient (Wildman–Crippen LogP) is 3.27. The number of anilines is 1. The van der Waals surface area contributed by atoms with Crippen LogP contribution in [-0.4, -0.2) is 29.9 Å². The Kier molecular flexibility index (Phi) is 5.18. The molecule has 0 radical (unpaired) electrons. The quantitative estimate of drug-likeness (QED) is 0.907. The normalized spacial score (nSPS) is 16.2. The van der Waals surface area contributed by atoms with Crippen LogP contribution < -0.4 is 5.32 Å². The van der Waals surface area contributed by atoms with Gasteiger partial charge in [-0.2, -0.15) is 5.26 Å². The average Bonchev–Trinajstić information content (AvgIpc) is 2.52. The van der Waals surface area contributed by atoms with Crippen molar-refractivity contribution in [1.82, 2.24) is 4.90 Å². The molecule has 0 aromatic heterocycles. The van der Waals surface area contributed by atoms with Gasteiger partial charge in [-0.25, -0.2) is 4.39 Å². The zero-order valence-corrected chi connectivity index (χ0v) is 13.4. The third kappa shape index (κ3) is 3.53. The van der Waals surface area contributed by atoms with Gasteiger partial charge in [0.25, 0.3) is 0 Å². The first-order chi connectivity index (χ1) is 10.0. The molecule has 6 heteroatoms. The molecule has 1 N–H and O–H groups in total. The number of halogens is 2. The van der Waals surface area contributed by atoms with Gasteiger partial charge < -0.3 is 10.2 Å². The molecule has 1 saturated heterocycles. The molecule has 1 unspecified atom stereocenters. The summed E-state index contributed by atoms with van der Waals surface area (Å²) in [5, 5.41) is 11.7. The predicted molar refractivity (Wildman–Crippen MR) is 82.3 cm³/mol. The number of nitrogens with one attached hydrogen (secondary N) is 1. The lowest BCUT2D eigenvalue weighted by Gasteiger charge is -2.29. The highest BCUT2D eigenvalue weighted by Crippen LogP contribution is 2.27. The fourth-order valence-corrected chi connectivity index (χ4v) is 2.86. The van der Waals surface area contributed by atoms with E-state index in [4.69, 9.17) is 5.26 Å². The minimum absolute atomic E-state index is 0.0189. The van der Waals surface area contributed by atoms with E-state index in [0.717, 1.165) is 32.4 Å². The molecule has 1 aromatic carbocycles. The minimum atomic E-state index is -0.549. The van der Waals surface area contributed by atoms with Gasteiger partial charge in [-0.05, 0) is 54.2 Å². The summed E-state index contributed by atoms with van der Waals surface area (Å²) in [6.45, 7) is 3.26. The van der Waals surface area contributed by atoms with Crippen LogP contribution in [0.4, 0.5) is 10.1 Å². The summed E-state index contributed by atoms with van der Waals surface area (Å²) in [6, 6.07) is 4.41. The first kappa shape index (κ1) is 15.8. The van der Waals surface area contributed by atoms with Gasteiger partial charge in [-0.3, -0.25) is 4.79 Å². The first-order valence-electron chi connectivity index (χ1n) is 6.98. The van der Waals surface area contributed by atoms with Gasteiger partial charge in [-0.15, -0.1) is 0 Å². The Morgan fingerprint density at radius 3 is 2.71 bits per heavy atom. The Bertz CT molecular complexity index is 579. The zero-order chi connectivity index (χ0) is 15.4. The van der Waals surface area contributed by atoms with Gasteiger partial charge in [-0.1, -0.05) is 0 Å². The second-order valence-corrected chi connectivity index (χ2v) is 5.95. The Morgan fingerprint density at radius 2 is 2.10 bits per heavy atom. The van der Waals surface area contributed by atoms with E-state index in [2.05, 4.69) is 21.2 Å². The number of nitrogens with zero attached hydrogens (tertiary/aromatic N) is 2. The van der Waals surface area contributed by atoms with Crippen LogP contribution in [0.15, 0.2) is 16.6 Å². The van der Waals surface area contributed by atoms with E-state index in [0.29, 0.717) is 0 Å². The van der Waals surface area contributed by atoms with Crippen LogP contribution >= 0.6 is 15.9 Å². The summed E-state index contributed by atoms with van der Waals surface area (Å²) in [5.74, 6) is -0.568. The number of amides is 1. The van der Waals surface area contributed by atoms with E-state index in [9.17, 15) is 9.18 Å². The Morgan fingerprint density at radius 1 is 1.43 bits per heavy atom. The maximum Gasteiger partial charge on any atom is 0.244 e. The molecule has 1 aliphatic heterocycles. The lowest BCUT2D eigenvalue weighted by molar-refractivity contribution is -0.132. The van der Waals surface area contributed by atoms with Crippen LogP contribution in [0.5, 0.6) is 0 Å². The molecule has 2 rings (SSSR count). The summed E-state index contributed by atoms with van der Waals surface area (Å²) < 4.78 is 14.2. The molecular weight excluding hydrogens is 337 g/mol. The number of nitriles is 1. The van der Waals surface area contributed by atoms with Crippen LogP contribution in [0.3, 0.4) is 0 Å². The van der Waals surface area contributed by atoms with Gasteiger partial charge in [0, 0.05) is 13.1 Å². The van der Waals surface area contributed by atoms with Crippen molar-refractivity contribution in [2.75, 3.05) is 18.4 Å². The molecule has 4 nitrogen and oxygen atoms in total. The Hall–Kier alpha value is -1.61. The number of piperidine rings is 1. The fourth-order valence-electron chi connectivity index (χ4n) is 2.43. The SMILES string of the molecule is CC(Nc1ccc(C#N)c(Br)c1F)C(=O)N1CCCCC1. The average molecular weight is 354 g/mol. The molecule has 0 spiro atoms. The second-order valence-electron chi connectivity index (χ2n) is 5.15. The van der Waals surface area contributed by atoms with E-state index in [1.807, 2.05) is 11.0 Å². The first-order valence-corrected chi connectivity index (χ1v) is 7.77.